The van der Waals surface area contributed by atoms with Gasteiger partial charge in [0.15, 0.2) is 0 Å². The summed E-state index contributed by atoms with van der Waals surface area (Å²) in [7, 11) is 2.12. The third kappa shape index (κ3) is 2.69. The maximum Gasteiger partial charge on any atom is 0.305 e. The molecule has 2 N–H and O–H groups in total. The van der Waals surface area contributed by atoms with Gasteiger partial charge in [-0.05, 0) is 38.1 Å². The Kier molecular flexibility index (Phi) is 3.70. The van der Waals surface area contributed by atoms with Crippen LogP contribution >= 0.6 is 0 Å². The topological polar surface area (TPSA) is 52.6 Å². The van der Waals surface area contributed by atoms with Gasteiger partial charge >= 0.3 is 5.97 Å². The predicted molar refractivity (Wildman–Crippen MR) is 71.7 cm³/mol. The van der Waals surface area contributed by atoms with Crippen LogP contribution in [-0.2, 0) is 4.79 Å². The van der Waals surface area contributed by atoms with Gasteiger partial charge in [0.1, 0.15) is 0 Å². The fourth-order valence-electron chi connectivity index (χ4n) is 3.35. The van der Waals surface area contributed by atoms with Crippen molar-refractivity contribution in [1.82, 2.24) is 10.2 Å². The van der Waals surface area contributed by atoms with Crippen LogP contribution in [0.5, 0.6) is 0 Å². The van der Waals surface area contributed by atoms with Crippen LogP contribution in [0.4, 0.5) is 0 Å². The number of likely N-dealkylation sites (N-methyl/N-ethyl adjacent to an activating group) is 1. The molecule has 0 aromatic rings. The smallest absolute Gasteiger partial charge is 0.305 e. The van der Waals surface area contributed by atoms with Crippen molar-refractivity contribution in [3.05, 3.63) is 0 Å². The summed E-state index contributed by atoms with van der Waals surface area (Å²) in [5.41, 5.74) is 0.327. The number of hydrogen-bond acceptors (Lipinski definition) is 3. The van der Waals surface area contributed by atoms with Crippen LogP contribution in [0.2, 0.25) is 0 Å². The first-order valence-corrected chi connectivity index (χ1v) is 7.00. The van der Waals surface area contributed by atoms with Crippen molar-refractivity contribution in [3.8, 4) is 0 Å². The van der Waals surface area contributed by atoms with Gasteiger partial charge in [-0.15, -0.1) is 0 Å². The predicted octanol–water partition coefficient (Wildman–Crippen LogP) is 1.70. The third-order valence-corrected chi connectivity index (χ3v) is 4.99. The second kappa shape index (κ2) is 4.82. The summed E-state index contributed by atoms with van der Waals surface area (Å²) in [6, 6.07) is 0.555. The minimum absolute atomic E-state index is 0.141. The molecule has 1 aliphatic heterocycles. The average Bonchev–Trinajstić information content (AvgIpc) is 2.22. The minimum Gasteiger partial charge on any atom is -0.481 e. The Bertz CT molecular complexity index is 314. The van der Waals surface area contributed by atoms with E-state index in [0.717, 1.165) is 13.1 Å². The van der Waals surface area contributed by atoms with Crippen molar-refractivity contribution >= 4 is 5.97 Å². The van der Waals surface area contributed by atoms with Crippen molar-refractivity contribution < 1.29 is 9.90 Å². The number of hydrogen-bond donors (Lipinski definition) is 2. The van der Waals surface area contributed by atoms with Gasteiger partial charge in [-0.1, -0.05) is 13.8 Å². The quantitative estimate of drug-likeness (QED) is 0.802. The molecule has 0 unspecified atom stereocenters. The summed E-state index contributed by atoms with van der Waals surface area (Å²) in [6.07, 6.45) is 5.16. The third-order valence-electron chi connectivity index (χ3n) is 4.99. The number of rotatable bonds is 4. The number of carboxylic acid groups (broad SMARTS) is 1. The van der Waals surface area contributed by atoms with E-state index in [4.69, 9.17) is 5.11 Å². The standard InChI is InChI=1S/C14H26N2O2/c1-13(2)6-4-11(5-7-13)16(3)14(8-12(17)18)9-15-10-14/h11,15H,4-10H2,1-3H3,(H,17,18). The van der Waals surface area contributed by atoms with Gasteiger partial charge in [0.25, 0.3) is 0 Å². The first kappa shape index (κ1) is 13.8. The molecule has 1 saturated heterocycles. The summed E-state index contributed by atoms with van der Waals surface area (Å²) < 4.78 is 0. The maximum absolute atomic E-state index is 11.0. The number of nitrogens with one attached hydrogen (secondary N) is 1. The maximum atomic E-state index is 11.0. The summed E-state index contributed by atoms with van der Waals surface area (Å²) in [5, 5.41) is 12.3. The highest BCUT2D eigenvalue weighted by Crippen LogP contribution is 2.39. The van der Waals surface area contributed by atoms with Gasteiger partial charge < -0.3 is 10.4 Å². The molecular formula is C14H26N2O2. The number of carboxylic acids is 1. The van der Waals surface area contributed by atoms with Gasteiger partial charge in [-0.25, -0.2) is 0 Å². The molecule has 0 aromatic carbocycles. The number of nitrogens with zero attached hydrogens (tertiary/aromatic N) is 1. The SMILES string of the molecule is CN(C1CCC(C)(C)CC1)C1(CC(=O)O)CNC1. The zero-order chi connectivity index (χ0) is 13.4. The molecule has 2 aliphatic rings. The Morgan fingerprint density at radius 1 is 1.33 bits per heavy atom. The van der Waals surface area contributed by atoms with Crippen LogP contribution in [0, 0.1) is 5.41 Å². The molecule has 2 rings (SSSR count). The van der Waals surface area contributed by atoms with Crippen molar-refractivity contribution in [1.29, 1.82) is 0 Å². The lowest BCUT2D eigenvalue weighted by atomic mass is 9.74. The molecule has 4 heteroatoms. The average molecular weight is 254 g/mol. The van der Waals surface area contributed by atoms with Gasteiger partial charge in [0.2, 0.25) is 0 Å². The molecule has 1 saturated carbocycles. The Morgan fingerprint density at radius 3 is 2.28 bits per heavy atom. The largest absolute Gasteiger partial charge is 0.481 e. The molecule has 0 spiro atoms. The summed E-state index contributed by atoms with van der Waals surface area (Å²) in [6.45, 7) is 6.30. The van der Waals surface area contributed by atoms with E-state index < -0.39 is 5.97 Å². The minimum atomic E-state index is -0.681. The lowest BCUT2D eigenvalue weighted by molar-refractivity contribution is -0.142. The molecule has 0 amide bonds. The van der Waals surface area contributed by atoms with Crippen LogP contribution in [-0.4, -0.2) is 47.7 Å². The highest BCUT2D eigenvalue weighted by atomic mass is 16.4. The second-order valence-corrected chi connectivity index (χ2v) is 6.90. The molecule has 18 heavy (non-hydrogen) atoms. The monoisotopic (exact) mass is 254 g/mol. The van der Waals surface area contributed by atoms with Crippen molar-refractivity contribution in [2.45, 2.75) is 57.5 Å². The number of aliphatic carboxylic acids is 1. The van der Waals surface area contributed by atoms with Crippen LogP contribution < -0.4 is 5.32 Å². The molecule has 1 aliphatic carbocycles. The van der Waals surface area contributed by atoms with E-state index in [-0.39, 0.29) is 12.0 Å². The molecule has 0 radical (unpaired) electrons. The summed E-state index contributed by atoms with van der Waals surface area (Å²) in [4.78, 5) is 13.4. The molecule has 0 bridgehead atoms. The van der Waals surface area contributed by atoms with Gasteiger partial charge in [-0.3, -0.25) is 9.69 Å². The Labute approximate surface area is 110 Å². The van der Waals surface area contributed by atoms with Gasteiger partial charge in [-0.2, -0.15) is 0 Å². The molecule has 0 aromatic heterocycles. The Hall–Kier alpha value is -0.610. The lowest BCUT2D eigenvalue weighted by Crippen LogP contribution is -2.70. The summed E-state index contributed by atoms with van der Waals surface area (Å²) in [5.74, 6) is -0.681. The first-order chi connectivity index (χ1) is 8.35. The lowest BCUT2D eigenvalue weighted by Gasteiger charge is -2.53. The van der Waals surface area contributed by atoms with Crippen LogP contribution in [0.25, 0.3) is 0 Å². The van der Waals surface area contributed by atoms with E-state index in [9.17, 15) is 4.79 Å². The molecule has 1 heterocycles. The normalized spacial score (nSPS) is 26.9. The first-order valence-electron chi connectivity index (χ1n) is 7.00. The van der Waals surface area contributed by atoms with E-state index in [1.165, 1.54) is 25.7 Å². The molecule has 0 atom stereocenters. The van der Waals surface area contributed by atoms with Crippen LogP contribution in [0.3, 0.4) is 0 Å². The molecule has 4 nitrogen and oxygen atoms in total. The highest BCUT2D eigenvalue weighted by molar-refractivity contribution is 5.68. The Balaban J connectivity index is 1.98. The molecular weight excluding hydrogens is 228 g/mol. The second-order valence-electron chi connectivity index (χ2n) is 6.90. The molecule has 104 valence electrons. The van der Waals surface area contributed by atoms with Crippen molar-refractivity contribution in [2.75, 3.05) is 20.1 Å². The number of carbonyl (C=O) groups is 1. The van der Waals surface area contributed by atoms with E-state index in [2.05, 4.69) is 31.1 Å². The fourth-order valence-corrected chi connectivity index (χ4v) is 3.35. The van der Waals surface area contributed by atoms with Crippen molar-refractivity contribution in [3.63, 3.8) is 0 Å². The summed E-state index contributed by atoms with van der Waals surface area (Å²) >= 11 is 0. The van der Waals surface area contributed by atoms with E-state index in [1.54, 1.807) is 0 Å². The van der Waals surface area contributed by atoms with Gasteiger partial charge in [0.05, 0.1) is 12.0 Å². The van der Waals surface area contributed by atoms with E-state index in [1.807, 2.05) is 0 Å². The van der Waals surface area contributed by atoms with E-state index >= 15 is 0 Å². The Morgan fingerprint density at radius 2 is 1.89 bits per heavy atom. The van der Waals surface area contributed by atoms with E-state index in [0.29, 0.717) is 11.5 Å². The molecule has 2 fully saturated rings. The highest BCUT2D eigenvalue weighted by Gasteiger charge is 2.45. The van der Waals surface area contributed by atoms with Crippen LogP contribution in [0.1, 0.15) is 46.0 Å². The van der Waals surface area contributed by atoms with Crippen molar-refractivity contribution in [2.24, 2.45) is 5.41 Å². The zero-order valence-electron chi connectivity index (χ0n) is 11.8. The zero-order valence-corrected chi connectivity index (χ0v) is 11.8. The van der Waals surface area contributed by atoms with Crippen LogP contribution in [0.15, 0.2) is 0 Å². The fraction of sp³-hybridized carbons (Fsp3) is 0.929. The van der Waals surface area contributed by atoms with Gasteiger partial charge in [0, 0.05) is 19.1 Å².